The number of non-ortho nitro benzene ring substituents is 1. The molecule has 10 heteroatoms. The molecule has 30 heavy (non-hydrogen) atoms. The Balaban J connectivity index is 1.45. The number of nitrogens with zero attached hydrogens (tertiary/aromatic N) is 4. The summed E-state index contributed by atoms with van der Waals surface area (Å²) < 4.78 is 2.83. The lowest BCUT2D eigenvalue weighted by molar-refractivity contribution is -0.384. The van der Waals surface area contributed by atoms with Gasteiger partial charge in [0.2, 0.25) is 0 Å². The monoisotopic (exact) mass is 435 g/mol. The van der Waals surface area contributed by atoms with Gasteiger partial charge in [-0.1, -0.05) is 46.9 Å². The molecule has 0 aliphatic heterocycles. The van der Waals surface area contributed by atoms with Gasteiger partial charge in [0.15, 0.2) is 10.1 Å². The molecule has 0 fully saturated rings. The third-order valence-electron chi connectivity index (χ3n) is 4.63. The Labute approximate surface area is 177 Å². The highest BCUT2D eigenvalue weighted by Gasteiger charge is 2.20. The summed E-state index contributed by atoms with van der Waals surface area (Å²) in [6.45, 7) is 1.84. The van der Waals surface area contributed by atoms with Crippen molar-refractivity contribution in [2.24, 2.45) is 0 Å². The zero-order valence-electron chi connectivity index (χ0n) is 15.5. The van der Waals surface area contributed by atoms with Gasteiger partial charge in [0.1, 0.15) is 4.88 Å². The lowest BCUT2D eigenvalue weighted by atomic mass is 10.1. The molecule has 0 aliphatic rings. The average Bonchev–Trinajstić information content (AvgIpc) is 3.41. The molecule has 2 aromatic carbocycles. The van der Waals surface area contributed by atoms with Crippen LogP contribution in [0.5, 0.6) is 0 Å². The number of fused-ring (bicyclic) bond motifs is 2. The first-order chi connectivity index (χ1) is 14.5. The SMILES string of the molecule is Cc1c(C(=O)Nc2nc3ccccc3s2)sc2nc(-c3cccc([N+](=O)[O-])c3)cn12. The van der Waals surface area contributed by atoms with Crippen molar-refractivity contribution in [3.05, 3.63) is 75.4 Å². The Morgan fingerprint density at radius 1 is 1.13 bits per heavy atom. The van der Waals surface area contributed by atoms with Crippen LogP contribution in [-0.4, -0.2) is 25.2 Å². The fraction of sp³-hybridized carbons (Fsp3) is 0.0500. The number of aromatic nitrogens is 3. The van der Waals surface area contributed by atoms with E-state index in [0.29, 0.717) is 26.2 Å². The molecule has 148 valence electrons. The maximum Gasteiger partial charge on any atom is 0.270 e. The van der Waals surface area contributed by atoms with Crippen molar-refractivity contribution in [1.82, 2.24) is 14.4 Å². The van der Waals surface area contributed by atoms with E-state index in [9.17, 15) is 14.9 Å². The van der Waals surface area contributed by atoms with Gasteiger partial charge in [-0.05, 0) is 19.1 Å². The summed E-state index contributed by atoms with van der Waals surface area (Å²) in [5.41, 5.74) is 2.87. The molecule has 0 bridgehead atoms. The van der Waals surface area contributed by atoms with E-state index < -0.39 is 4.92 Å². The van der Waals surface area contributed by atoms with E-state index in [1.54, 1.807) is 18.3 Å². The number of carbonyl (C=O) groups is 1. The number of nitro benzene ring substituents is 1. The van der Waals surface area contributed by atoms with Crippen molar-refractivity contribution >= 4 is 54.6 Å². The zero-order valence-corrected chi connectivity index (χ0v) is 17.2. The number of amides is 1. The number of aryl methyl sites for hydroxylation is 1. The van der Waals surface area contributed by atoms with Gasteiger partial charge in [-0.3, -0.25) is 24.6 Å². The van der Waals surface area contributed by atoms with E-state index >= 15 is 0 Å². The van der Waals surface area contributed by atoms with Gasteiger partial charge in [0.25, 0.3) is 11.6 Å². The lowest BCUT2D eigenvalue weighted by Crippen LogP contribution is -2.11. The highest BCUT2D eigenvalue weighted by molar-refractivity contribution is 7.22. The number of para-hydroxylation sites is 1. The third kappa shape index (κ3) is 3.11. The van der Waals surface area contributed by atoms with Gasteiger partial charge >= 0.3 is 0 Å². The third-order valence-corrected chi connectivity index (χ3v) is 6.74. The van der Waals surface area contributed by atoms with Crippen molar-refractivity contribution in [2.45, 2.75) is 6.92 Å². The van der Waals surface area contributed by atoms with Crippen molar-refractivity contribution in [3.8, 4) is 11.3 Å². The number of rotatable bonds is 4. The summed E-state index contributed by atoms with van der Waals surface area (Å²) in [6, 6.07) is 14.0. The predicted octanol–water partition coefficient (Wildman–Crippen LogP) is 5.14. The molecule has 0 radical (unpaired) electrons. The summed E-state index contributed by atoms with van der Waals surface area (Å²) in [5.74, 6) is -0.237. The van der Waals surface area contributed by atoms with Crippen molar-refractivity contribution in [3.63, 3.8) is 0 Å². The van der Waals surface area contributed by atoms with Crippen LogP contribution in [0, 0.1) is 17.0 Å². The first kappa shape index (κ1) is 18.4. The van der Waals surface area contributed by atoms with Crippen LogP contribution >= 0.6 is 22.7 Å². The first-order valence-corrected chi connectivity index (χ1v) is 10.5. The summed E-state index contributed by atoms with van der Waals surface area (Å²) in [6.07, 6.45) is 1.79. The van der Waals surface area contributed by atoms with Crippen LogP contribution in [0.15, 0.2) is 54.7 Å². The number of carbonyl (C=O) groups excluding carboxylic acids is 1. The smallest absolute Gasteiger partial charge is 0.270 e. The molecule has 3 heterocycles. The van der Waals surface area contributed by atoms with E-state index in [-0.39, 0.29) is 11.6 Å². The van der Waals surface area contributed by atoms with E-state index in [0.717, 1.165) is 15.9 Å². The standard InChI is InChI=1S/C20H13N5O3S2/c1-11-17(18(26)23-19-21-14-7-2-3-8-16(14)29-19)30-20-22-15(10-24(11)20)12-5-4-6-13(9-12)25(27)28/h2-10H,1H3,(H,21,23,26). The number of hydrogen-bond acceptors (Lipinski definition) is 7. The molecule has 0 spiro atoms. The summed E-state index contributed by atoms with van der Waals surface area (Å²) in [4.78, 5) is 33.6. The Kier molecular flexibility index (Phi) is 4.30. The van der Waals surface area contributed by atoms with E-state index in [2.05, 4.69) is 15.3 Å². The minimum atomic E-state index is -0.433. The molecular formula is C20H13N5O3S2. The van der Waals surface area contributed by atoms with Gasteiger partial charge in [-0.25, -0.2) is 9.97 Å². The summed E-state index contributed by atoms with van der Waals surface area (Å²) in [5, 5.41) is 14.4. The van der Waals surface area contributed by atoms with Gasteiger partial charge in [0.05, 0.1) is 20.8 Å². The van der Waals surface area contributed by atoms with Crippen molar-refractivity contribution < 1.29 is 9.72 Å². The molecule has 0 atom stereocenters. The Bertz CT molecular complexity index is 1420. The van der Waals surface area contributed by atoms with E-state index in [4.69, 9.17) is 0 Å². The van der Waals surface area contributed by atoms with Gasteiger partial charge in [0, 0.05) is 29.6 Å². The molecule has 0 saturated carbocycles. The first-order valence-electron chi connectivity index (χ1n) is 8.90. The number of nitrogens with one attached hydrogen (secondary N) is 1. The topological polar surface area (TPSA) is 102 Å². The highest BCUT2D eigenvalue weighted by Crippen LogP contribution is 2.30. The maximum absolute atomic E-state index is 12.8. The van der Waals surface area contributed by atoms with E-state index in [1.807, 2.05) is 35.6 Å². The number of thiazole rings is 2. The molecule has 3 aromatic heterocycles. The normalized spacial score (nSPS) is 11.2. The molecule has 0 unspecified atom stereocenters. The Morgan fingerprint density at radius 2 is 1.97 bits per heavy atom. The quantitative estimate of drug-likeness (QED) is 0.311. The van der Waals surface area contributed by atoms with Crippen LogP contribution in [-0.2, 0) is 0 Å². The maximum atomic E-state index is 12.8. The summed E-state index contributed by atoms with van der Waals surface area (Å²) >= 11 is 2.69. The Morgan fingerprint density at radius 3 is 2.73 bits per heavy atom. The molecule has 1 amide bonds. The molecule has 0 saturated heterocycles. The lowest BCUT2D eigenvalue weighted by Gasteiger charge is -2.00. The molecule has 5 rings (SSSR count). The predicted molar refractivity (Wildman–Crippen MR) is 117 cm³/mol. The fourth-order valence-corrected chi connectivity index (χ4v) is 5.02. The second-order valence-corrected chi connectivity index (χ2v) is 8.55. The van der Waals surface area contributed by atoms with Crippen LogP contribution < -0.4 is 5.32 Å². The zero-order chi connectivity index (χ0) is 20.8. The Hall–Kier alpha value is -3.63. The number of benzene rings is 2. The number of anilines is 1. The second kappa shape index (κ2) is 7.01. The average molecular weight is 435 g/mol. The molecular weight excluding hydrogens is 422 g/mol. The molecule has 5 aromatic rings. The molecule has 1 N–H and O–H groups in total. The number of hydrogen-bond donors (Lipinski definition) is 1. The van der Waals surface area contributed by atoms with Crippen LogP contribution in [0.2, 0.25) is 0 Å². The molecule has 8 nitrogen and oxygen atoms in total. The van der Waals surface area contributed by atoms with Crippen LogP contribution in [0.25, 0.3) is 26.4 Å². The van der Waals surface area contributed by atoms with E-state index in [1.165, 1.54) is 34.8 Å². The largest absolute Gasteiger partial charge is 0.297 e. The number of nitro groups is 1. The van der Waals surface area contributed by atoms with Crippen LogP contribution in [0.4, 0.5) is 10.8 Å². The highest BCUT2D eigenvalue weighted by atomic mass is 32.1. The van der Waals surface area contributed by atoms with Gasteiger partial charge < -0.3 is 0 Å². The van der Waals surface area contributed by atoms with Crippen molar-refractivity contribution in [2.75, 3.05) is 5.32 Å². The molecule has 0 aliphatic carbocycles. The minimum absolute atomic E-state index is 0.0106. The van der Waals surface area contributed by atoms with Gasteiger partial charge in [-0.2, -0.15) is 0 Å². The van der Waals surface area contributed by atoms with Gasteiger partial charge in [-0.15, -0.1) is 0 Å². The minimum Gasteiger partial charge on any atom is -0.297 e. The fourth-order valence-electron chi connectivity index (χ4n) is 3.16. The van der Waals surface area contributed by atoms with Crippen molar-refractivity contribution in [1.29, 1.82) is 0 Å². The van der Waals surface area contributed by atoms with Crippen LogP contribution in [0.3, 0.4) is 0 Å². The van der Waals surface area contributed by atoms with Crippen LogP contribution in [0.1, 0.15) is 15.4 Å². The second-order valence-electron chi connectivity index (χ2n) is 6.54. The number of imidazole rings is 1. The summed E-state index contributed by atoms with van der Waals surface area (Å²) in [7, 11) is 0.